The van der Waals surface area contributed by atoms with E-state index in [2.05, 4.69) is 26.2 Å². The number of pyridine rings is 1. The zero-order valence-electron chi connectivity index (χ0n) is 7.02. The highest BCUT2D eigenvalue weighted by molar-refractivity contribution is 9.10. The number of hydrogen-bond donors (Lipinski definition) is 2. The van der Waals surface area contributed by atoms with Gasteiger partial charge >= 0.3 is 0 Å². The van der Waals surface area contributed by atoms with Crippen LogP contribution in [0.5, 0.6) is 0 Å². The summed E-state index contributed by atoms with van der Waals surface area (Å²) >= 11 is 3.30. The van der Waals surface area contributed by atoms with Crippen molar-refractivity contribution in [3.8, 4) is 0 Å². The predicted octanol–water partition coefficient (Wildman–Crippen LogP) is 1.42. The molecule has 66 valence electrons. The lowest BCUT2D eigenvalue weighted by atomic mass is 10.1. The molecule has 2 N–H and O–H groups in total. The predicted molar refractivity (Wildman–Crippen MR) is 52.2 cm³/mol. The lowest BCUT2D eigenvalue weighted by Gasteiger charge is -2.08. The molecule has 12 heavy (non-hydrogen) atoms. The molecular formula is C8H11BrN2O. The highest BCUT2D eigenvalue weighted by Gasteiger charge is 2.06. The first kappa shape index (κ1) is 9.48. The maximum atomic E-state index is 11.3. The van der Waals surface area contributed by atoms with E-state index in [1.807, 2.05) is 20.0 Å². The second-order valence-corrected chi connectivity index (χ2v) is 3.53. The molecule has 1 unspecified atom stereocenters. The van der Waals surface area contributed by atoms with Crippen molar-refractivity contribution in [2.24, 2.45) is 0 Å². The van der Waals surface area contributed by atoms with E-state index in [4.69, 9.17) is 0 Å². The normalized spacial score (nSPS) is 12.9. The summed E-state index contributed by atoms with van der Waals surface area (Å²) in [5.74, 6) is 0. The molecule has 0 spiro atoms. The van der Waals surface area contributed by atoms with Crippen molar-refractivity contribution in [2.75, 3.05) is 7.05 Å². The van der Waals surface area contributed by atoms with Crippen molar-refractivity contribution in [1.82, 2.24) is 10.3 Å². The molecule has 1 aromatic rings. The molecule has 0 aromatic carbocycles. The number of aromatic nitrogens is 1. The molecule has 4 heteroatoms. The van der Waals surface area contributed by atoms with Crippen LogP contribution in [-0.2, 0) is 0 Å². The van der Waals surface area contributed by atoms with Crippen LogP contribution < -0.4 is 10.9 Å². The minimum atomic E-state index is -0.0416. The van der Waals surface area contributed by atoms with E-state index in [0.29, 0.717) is 0 Å². The number of H-pyrrole nitrogens is 1. The van der Waals surface area contributed by atoms with Gasteiger partial charge in [0.25, 0.3) is 5.56 Å². The number of halogens is 1. The third-order valence-corrected chi connectivity index (χ3v) is 2.25. The molecule has 0 amide bonds. The SMILES string of the molecule is CNC(C)c1cc(Br)c[nH]c1=O. The first-order chi connectivity index (χ1) is 5.65. The molecule has 0 fully saturated rings. The monoisotopic (exact) mass is 230 g/mol. The van der Waals surface area contributed by atoms with Gasteiger partial charge in [0.05, 0.1) is 0 Å². The van der Waals surface area contributed by atoms with Crippen LogP contribution in [0.4, 0.5) is 0 Å². The summed E-state index contributed by atoms with van der Waals surface area (Å²) < 4.78 is 0.888. The Morgan fingerprint density at radius 2 is 2.33 bits per heavy atom. The van der Waals surface area contributed by atoms with Crippen LogP contribution in [-0.4, -0.2) is 12.0 Å². The van der Waals surface area contributed by atoms with Gasteiger partial charge in [0.15, 0.2) is 0 Å². The smallest absolute Gasteiger partial charge is 0.252 e. The third-order valence-electron chi connectivity index (χ3n) is 1.80. The summed E-state index contributed by atoms with van der Waals surface area (Å²) in [5, 5.41) is 3.01. The molecule has 1 atom stereocenters. The van der Waals surface area contributed by atoms with Crippen LogP contribution in [0.2, 0.25) is 0 Å². The van der Waals surface area contributed by atoms with Gasteiger partial charge < -0.3 is 10.3 Å². The van der Waals surface area contributed by atoms with Gasteiger partial charge in [-0.05, 0) is 36.0 Å². The Kier molecular flexibility index (Phi) is 3.05. The summed E-state index contributed by atoms with van der Waals surface area (Å²) in [4.78, 5) is 13.9. The van der Waals surface area contributed by atoms with Gasteiger partial charge in [-0.15, -0.1) is 0 Å². The summed E-state index contributed by atoms with van der Waals surface area (Å²) in [6.07, 6.45) is 1.63. The van der Waals surface area contributed by atoms with Crippen molar-refractivity contribution in [1.29, 1.82) is 0 Å². The van der Waals surface area contributed by atoms with Gasteiger partial charge in [-0.3, -0.25) is 4.79 Å². The van der Waals surface area contributed by atoms with E-state index in [-0.39, 0.29) is 11.6 Å². The zero-order valence-corrected chi connectivity index (χ0v) is 8.60. The molecule has 1 heterocycles. The van der Waals surface area contributed by atoms with Gasteiger partial charge in [-0.2, -0.15) is 0 Å². The van der Waals surface area contributed by atoms with Crippen molar-refractivity contribution in [3.05, 3.63) is 32.7 Å². The molecule has 1 rings (SSSR count). The average molecular weight is 231 g/mol. The third kappa shape index (κ3) is 1.95. The van der Waals surface area contributed by atoms with Crippen LogP contribution in [0.15, 0.2) is 21.5 Å². The molecular weight excluding hydrogens is 220 g/mol. The molecule has 3 nitrogen and oxygen atoms in total. The first-order valence-corrected chi connectivity index (χ1v) is 4.50. The largest absolute Gasteiger partial charge is 0.328 e. The Morgan fingerprint density at radius 1 is 1.67 bits per heavy atom. The second kappa shape index (κ2) is 3.87. The molecule has 0 radical (unpaired) electrons. The van der Waals surface area contributed by atoms with E-state index in [9.17, 15) is 4.79 Å². The fraction of sp³-hybridized carbons (Fsp3) is 0.375. The van der Waals surface area contributed by atoms with E-state index in [1.165, 1.54) is 0 Å². The van der Waals surface area contributed by atoms with Crippen molar-refractivity contribution < 1.29 is 0 Å². The molecule has 0 aliphatic rings. The van der Waals surface area contributed by atoms with Gasteiger partial charge in [0.2, 0.25) is 0 Å². The van der Waals surface area contributed by atoms with E-state index in [0.717, 1.165) is 10.0 Å². The lowest BCUT2D eigenvalue weighted by molar-refractivity contribution is 0.643. The number of rotatable bonds is 2. The highest BCUT2D eigenvalue weighted by Crippen LogP contribution is 2.12. The Labute approximate surface area is 79.3 Å². The van der Waals surface area contributed by atoms with Crippen LogP contribution in [0.25, 0.3) is 0 Å². The fourth-order valence-corrected chi connectivity index (χ4v) is 1.31. The van der Waals surface area contributed by atoms with Crippen LogP contribution in [0.1, 0.15) is 18.5 Å². The van der Waals surface area contributed by atoms with Crippen LogP contribution in [0.3, 0.4) is 0 Å². The summed E-state index contributed by atoms with van der Waals surface area (Å²) in [5.41, 5.74) is 0.701. The maximum Gasteiger partial charge on any atom is 0.252 e. The van der Waals surface area contributed by atoms with Crippen molar-refractivity contribution in [3.63, 3.8) is 0 Å². The molecule has 0 bridgehead atoms. The maximum absolute atomic E-state index is 11.3. The van der Waals surface area contributed by atoms with Crippen molar-refractivity contribution >= 4 is 15.9 Å². The number of nitrogens with one attached hydrogen (secondary N) is 2. The number of hydrogen-bond acceptors (Lipinski definition) is 2. The molecule has 0 aliphatic carbocycles. The number of aromatic amines is 1. The molecule has 1 aromatic heterocycles. The highest BCUT2D eigenvalue weighted by atomic mass is 79.9. The van der Waals surface area contributed by atoms with E-state index >= 15 is 0 Å². The van der Waals surface area contributed by atoms with Crippen LogP contribution in [0, 0.1) is 0 Å². The minimum Gasteiger partial charge on any atom is -0.328 e. The van der Waals surface area contributed by atoms with Gasteiger partial charge in [0.1, 0.15) is 0 Å². The Balaban J connectivity index is 3.13. The first-order valence-electron chi connectivity index (χ1n) is 3.70. The van der Waals surface area contributed by atoms with Gasteiger partial charge in [-0.25, -0.2) is 0 Å². The summed E-state index contributed by atoms with van der Waals surface area (Å²) in [6, 6.07) is 1.89. The van der Waals surface area contributed by atoms with Crippen LogP contribution >= 0.6 is 15.9 Å². The van der Waals surface area contributed by atoms with Gasteiger partial charge in [0, 0.05) is 22.3 Å². The van der Waals surface area contributed by atoms with E-state index in [1.54, 1.807) is 6.20 Å². The quantitative estimate of drug-likeness (QED) is 0.808. The molecule has 0 saturated heterocycles. The summed E-state index contributed by atoms with van der Waals surface area (Å²) in [7, 11) is 1.82. The standard InChI is InChI=1S/C8H11BrN2O/c1-5(10-2)7-3-6(9)4-11-8(7)12/h3-5,10H,1-2H3,(H,11,12). The minimum absolute atomic E-state index is 0.0416. The van der Waals surface area contributed by atoms with E-state index < -0.39 is 0 Å². The van der Waals surface area contributed by atoms with Gasteiger partial charge in [-0.1, -0.05) is 0 Å². The Morgan fingerprint density at radius 3 is 2.92 bits per heavy atom. The Bertz CT molecular complexity index is 321. The second-order valence-electron chi connectivity index (χ2n) is 2.61. The lowest BCUT2D eigenvalue weighted by Crippen LogP contribution is -2.22. The average Bonchev–Trinajstić information content (AvgIpc) is 2.08. The molecule has 0 aliphatic heterocycles. The van der Waals surface area contributed by atoms with Crippen molar-refractivity contribution in [2.45, 2.75) is 13.0 Å². The summed E-state index contributed by atoms with van der Waals surface area (Å²) in [6.45, 7) is 1.94. The Hall–Kier alpha value is -0.610. The topological polar surface area (TPSA) is 44.9 Å². The fourth-order valence-electron chi connectivity index (χ4n) is 0.951. The molecule has 0 saturated carbocycles. The zero-order chi connectivity index (χ0) is 9.14.